The predicted molar refractivity (Wildman–Crippen MR) is 153 cm³/mol. The van der Waals surface area contributed by atoms with E-state index in [0.29, 0.717) is 46.3 Å². The number of allylic oxidation sites excluding steroid dienone is 3. The molecule has 0 aromatic carbocycles. The second-order valence-electron chi connectivity index (χ2n) is 15.0. The van der Waals surface area contributed by atoms with Gasteiger partial charge in [0.2, 0.25) is 0 Å². The van der Waals surface area contributed by atoms with Gasteiger partial charge in [-0.3, -0.25) is 0 Å². The van der Waals surface area contributed by atoms with Crippen LogP contribution in [0, 0.1) is 57.2 Å². The van der Waals surface area contributed by atoms with Crippen molar-refractivity contribution >= 4 is 0 Å². The van der Waals surface area contributed by atoms with E-state index >= 15 is 0 Å². The van der Waals surface area contributed by atoms with Crippen LogP contribution >= 0.6 is 0 Å². The van der Waals surface area contributed by atoms with Crippen LogP contribution in [0.5, 0.6) is 0 Å². The number of fused-ring (bicyclic) bond motifs is 2. The maximum Gasteiger partial charge on any atom is 0.183 e. The first-order valence-electron chi connectivity index (χ1n) is 15.3. The summed E-state index contributed by atoms with van der Waals surface area (Å²) < 4.78 is 7.07. The van der Waals surface area contributed by atoms with Crippen molar-refractivity contribution in [3.63, 3.8) is 0 Å². The maximum absolute atomic E-state index is 7.07. The normalized spacial score (nSPS) is 53.8. The molecule has 6 aliphatic rings. The summed E-state index contributed by atoms with van der Waals surface area (Å²) in [7, 11) is 0. The van der Waals surface area contributed by atoms with Crippen molar-refractivity contribution in [1.29, 1.82) is 0 Å². The van der Waals surface area contributed by atoms with Crippen LogP contribution in [0.2, 0.25) is 0 Å². The van der Waals surface area contributed by atoms with E-state index in [-0.39, 0.29) is 16.9 Å². The molecule has 2 heterocycles. The van der Waals surface area contributed by atoms with E-state index in [1.54, 1.807) is 5.57 Å². The molecule has 6 unspecified atom stereocenters. The number of hydrogen-bond donors (Lipinski definition) is 1. The van der Waals surface area contributed by atoms with Crippen LogP contribution in [0.4, 0.5) is 0 Å². The van der Waals surface area contributed by atoms with E-state index in [0.717, 1.165) is 24.6 Å². The Balaban J connectivity index is 1.34. The van der Waals surface area contributed by atoms with Gasteiger partial charge in [-0.25, -0.2) is 0 Å². The van der Waals surface area contributed by atoms with Crippen LogP contribution in [0.15, 0.2) is 49.0 Å². The van der Waals surface area contributed by atoms with Gasteiger partial charge in [-0.2, -0.15) is 0 Å². The quantitative estimate of drug-likeness (QED) is 0.299. The minimum Gasteiger partial charge on any atom is -0.476 e. The molecule has 0 amide bonds. The Hall–Kier alpha value is -1.48. The molecule has 1 N–H and O–H groups in total. The summed E-state index contributed by atoms with van der Waals surface area (Å²) in [6.45, 7) is 32.1. The van der Waals surface area contributed by atoms with Crippen molar-refractivity contribution in [1.82, 2.24) is 10.2 Å². The molecule has 2 saturated heterocycles. The van der Waals surface area contributed by atoms with E-state index < -0.39 is 0 Å². The van der Waals surface area contributed by atoms with Crippen molar-refractivity contribution in [3.05, 3.63) is 49.0 Å². The Labute approximate surface area is 226 Å². The van der Waals surface area contributed by atoms with E-state index in [1.165, 1.54) is 45.2 Å². The minimum absolute atomic E-state index is 0.0890. The van der Waals surface area contributed by atoms with Crippen molar-refractivity contribution in [3.8, 4) is 0 Å². The molecule has 0 spiro atoms. The van der Waals surface area contributed by atoms with Gasteiger partial charge in [0.15, 0.2) is 5.88 Å². The first kappa shape index (κ1) is 25.8. The molecule has 0 radical (unpaired) electrons. The molecule has 4 saturated carbocycles. The fourth-order valence-electron chi connectivity index (χ4n) is 11.5. The first-order chi connectivity index (χ1) is 17.4. The second-order valence-corrected chi connectivity index (χ2v) is 15.0. The van der Waals surface area contributed by atoms with E-state index in [4.69, 9.17) is 11.3 Å². The monoisotopic (exact) mass is 504 g/mol. The lowest BCUT2D eigenvalue weighted by Crippen LogP contribution is -2.68. The molecule has 4 aliphatic carbocycles. The van der Waals surface area contributed by atoms with Crippen LogP contribution < -0.4 is 5.32 Å². The summed E-state index contributed by atoms with van der Waals surface area (Å²) >= 11 is 0. The van der Waals surface area contributed by atoms with Crippen molar-refractivity contribution in [2.45, 2.75) is 86.2 Å². The Morgan fingerprint density at radius 1 is 1.11 bits per heavy atom. The third-order valence-corrected chi connectivity index (χ3v) is 13.7. The van der Waals surface area contributed by atoms with Gasteiger partial charge in [-0.15, -0.1) is 0 Å². The zero-order valence-electron chi connectivity index (χ0n) is 24.5. The fraction of sp³-hybridized carbons (Fsp3) is 0.765. The molecule has 0 aromatic heterocycles. The minimum atomic E-state index is 0.0890. The van der Waals surface area contributed by atoms with Gasteiger partial charge in [0.25, 0.3) is 0 Å². The molecular weight excluding hydrogens is 452 g/mol. The highest BCUT2D eigenvalue weighted by atomic mass is 16.5. The molecule has 0 aromatic rings. The largest absolute Gasteiger partial charge is 0.476 e. The van der Waals surface area contributed by atoms with Crippen LogP contribution in [0.25, 0.3) is 0 Å². The van der Waals surface area contributed by atoms with E-state index in [2.05, 4.69) is 77.1 Å². The Morgan fingerprint density at radius 2 is 1.86 bits per heavy atom. The number of nitrogens with zero attached hydrogens (tertiary/aromatic N) is 1. The molecule has 3 heteroatoms. The van der Waals surface area contributed by atoms with Crippen molar-refractivity contribution in [2.24, 2.45) is 57.2 Å². The van der Waals surface area contributed by atoms with Gasteiger partial charge in [-0.1, -0.05) is 65.5 Å². The zero-order valence-corrected chi connectivity index (χ0v) is 24.5. The summed E-state index contributed by atoms with van der Waals surface area (Å²) in [5.41, 5.74) is 3.57. The highest BCUT2D eigenvalue weighted by Gasteiger charge is 2.79. The average Bonchev–Trinajstić information content (AvgIpc) is 3.51. The highest BCUT2D eigenvalue weighted by molar-refractivity contribution is 5.37. The number of piperidine rings is 1. The van der Waals surface area contributed by atoms with Gasteiger partial charge in [0.1, 0.15) is 6.10 Å². The first-order valence-corrected chi connectivity index (χ1v) is 15.3. The lowest BCUT2D eigenvalue weighted by Gasteiger charge is -2.73. The van der Waals surface area contributed by atoms with Crippen LogP contribution in [0.3, 0.4) is 0 Å². The van der Waals surface area contributed by atoms with Gasteiger partial charge in [0, 0.05) is 30.1 Å². The van der Waals surface area contributed by atoms with Gasteiger partial charge < -0.3 is 15.0 Å². The molecule has 6 rings (SSSR count). The van der Waals surface area contributed by atoms with Gasteiger partial charge >= 0.3 is 0 Å². The summed E-state index contributed by atoms with van der Waals surface area (Å²) in [4.78, 5) is 2.58. The fourth-order valence-corrected chi connectivity index (χ4v) is 11.5. The Kier molecular flexibility index (Phi) is 5.76. The van der Waals surface area contributed by atoms with Crippen molar-refractivity contribution < 1.29 is 4.74 Å². The van der Waals surface area contributed by atoms with Gasteiger partial charge in [0.05, 0.1) is 0 Å². The van der Waals surface area contributed by atoms with Gasteiger partial charge in [-0.05, 0) is 104 Å². The van der Waals surface area contributed by atoms with E-state index in [1.807, 2.05) is 0 Å². The SMILES string of the molecule is C=C(NC(=C)[C@@H]1CN2CC[C@@H]1C2)O[C@@H]1C[C@@](C)(/C=C/C)C(C)[C@H](C)C23CCC(=C)C4(CC(C)[C@]1(C)C42)C3. The smallest absolute Gasteiger partial charge is 0.183 e. The van der Waals surface area contributed by atoms with Crippen LogP contribution in [0.1, 0.15) is 80.1 Å². The summed E-state index contributed by atoms with van der Waals surface area (Å²) in [5.74, 6) is 4.52. The molecule has 37 heavy (non-hydrogen) atoms. The summed E-state index contributed by atoms with van der Waals surface area (Å²) in [6, 6.07) is 0. The zero-order chi connectivity index (χ0) is 26.5. The lowest BCUT2D eigenvalue weighted by molar-refractivity contribution is -0.241. The summed E-state index contributed by atoms with van der Waals surface area (Å²) in [5, 5.41) is 3.59. The topological polar surface area (TPSA) is 24.5 Å². The maximum atomic E-state index is 7.07. The second kappa shape index (κ2) is 8.26. The highest BCUT2D eigenvalue weighted by Crippen LogP contribution is 2.85. The number of ether oxygens (including phenoxy) is 1. The molecule has 12 atom stereocenters. The van der Waals surface area contributed by atoms with Crippen molar-refractivity contribution in [2.75, 3.05) is 19.6 Å². The molecule has 2 aliphatic heterocycles. The van der Waals surface area contributed by atoms with Crippen LogP contribution in [-0.2, 0) is 4.74 Å². The number of nitrogens with one attached hydrogen (secondary N) is 1. The van der Waals surface area contributed by atoms with E-state index in [9.17, 15) is 0 Å². The lowest BCUT2D eigenvalue weighted by atomic mass is 9.31. The summed E-state index contributed by atoms with van der Waals surface area (Å²) in [6.07, 6.45) is 12.4. The molecular formula is C34H52N2O. The Bertz CT molecular complexity index is 1040. The molecule has 3 nitrogen and oxygen atoms in total. The standard InChI is InChI=1S/C34H52N2O/c1-10-13-31(8)17-29(37-26(7)35-25(6)28-19-36-15-12-27(28)18-36)32(9)22(3)16-34-20-33(30(32)34,14-11-21(34)2)24(5)23(31)4/h10,13,22-24,27-30,35H,2,6-7,11-12,14-20H2,1,3-5,8-9H3/b13-10+/t22?,23?,24-,27+,28-,29+,30?,31+,32-,33?,34?/m0/s1. The molecule has 4 bridgehead atoms. The third-order valence-electron chi connectivity index (χ3n) is 13.7. The number of rotatable bonds is 6. The predicted octanol–water partition coefficient (Wildman–Crippen LogP) is 7.54. The average molecular weight is 505 g/mol. The molecule has 204 valence electrons. The third kappa shape index (κ3) is 3.28. The Morgan fingerprint density at radius 3 is 2.51 bits per heavy atom. The molecule has 6 fully saturated rings. The number of hydrogen-bond acceptors (Lipinski definition) is 3. The van der Waals surface area contributed by atoms with Crippen LogP contribution in [-0.4, -0.2) is 30.6 Å².